The van der Waals surface area contributed by atoms with Crippen LogP contribution in [0.25, 0.3) is 0 Å². The monoisotopic (exact) mass is 448 g/mol. The Morgan fingerprint density at radius 1 is 0.909 bits per heavy atom. The molecule has 3 rings (SSSR count). The summed E-state index contributed by atoms with van der Waals surface area (Å²) in [6.07, 6.45) is 1.66. The minimum Gasteiger partial charge on any atom is -0.493 e. The molecule has 0 aliphatic heterocycles. The van der Waals surface area contributed by atoms with Gasteiger partial charge < -0.3 is 25.4 Å². The molecule has 0 aliphatic carbocycles. The molecule has 0 unspecified atom stereocenters. The molecular weight excluding hydrogens is 424 g/mol. The van der Waals surface area contributed by atoms with Crippen molar-refractivity contribution in [2.45, 2.75) is 6.54 Å². The molecule has 3 aromatic rings. The second-order valence-corrected chi connectivity index (χ2v) is 6.87. The van der Waals surface area contributed by atoms with E-state index in [0.29, 0.717) is 34.9 Å². The predicted octanol–water partition coefficient (Wildman–Crippen LogP) is 2.40. The van der Waals surface area contributed by atoms with Crippen molar-refractivity contribution in [3.63, 3.8) is 0 Å². The molecule has 0 radical (unpaired) electrons. The number of benzene rings is 2. The maximum Gasteiger partial charge on any atom is 0.257 e. The Balaban J connectivity index is 1.65. The summed E-state index contributed by atoms with van der Waals surface area (Å²) in [7, 11) is 2.95. The van der Waals surface area contributed by atoms with E-state index in [1.54, 1.807) is 48.7 Å². The quantitative estimate of drug-likeness (QED) is 0.463. The van der Waals surface area contributed by atoms with Crippen LogP contribution in [0.5, 0.6) is 11.5 Å². The molecule has 0 bridgehead atoms. The molecule has 2 aromatic carbocycles. The number of carbonyl (C=O) groups is 3. The van der Waals surface area contributed by atoms with Crippen LogP contribution in [0.3, 0.4) is 0 Å². The van der Waals surface area contributed by atoms with Crippen molar-refractivity contribution in [2.75, 3.05) is 26.1 Å². The number of carbonyl (C=O) groups excluding carboxylic acids is 3. The summed E-state index contributed by atoms with van der Waals surface area (Å²) in [6, 6.07) is 16.7. The first-order chi connectivity index (χ1) is 16.0. The minimum atomic E-state index is -0.391. The summed E-state index contributed by atoms with van der Waals surface area (Å²) in [5, 5.41) is 8.02. The van der Waals surface area contributed by atoms with Crippen LogP contribution in [-0.2, 0) is 11.3 Å². The second kappa shape index (κ2) is 11.3. The van der Waals surface area contributed by atoms with E-state index in [1.807, 2.05) is 12.1 Å². The summed E-state index contributed by atoms with van der Waals surface area (Å²) < 4.78 is 10.7. The molecule has 33 heavy (non-hydrogen) atoms. The van der Waals surface area contributed by atoms with Crippen molar-refractivity contribution >= 4 is 23.4 Å². The molecule has 0 spiro atoms. The number of pyridine rings is 1. The van der Waals surface area contributed by atoms with Gasteiger partial charge in [-0.2, -0.15) is 0 Å². The SMILES string of the molecule is CNC(=O)COc1ccc(C(=O)Nc2cccc(C(=O)NCc3ccccn3)c2)cc1OC. The lowest BCUT2D eigenvalue weighted by atomic mass is 10.1. The van der Waals surface area contributed by atoms with Gasteiger partial charge in [-0.3, -0.25) is 19.4 Å². The molecular formula is C24H24N4O5. The van der Waals surface area contributed by atoms with Crippen LogP contribution in [0.4, 0.5) is 5.69 Å². The number of anilines is 1. The van der Waals surface area contributed by atoms with Crippen LogP contribution >= 0.6 is 0 Å². The molecule has 0 saturated heterocycles. The summed E-state index contributed by atoms with van der Waals surface area (Å²) in [5.41, 5.74) is 1.93. The molecule has 0 fully saturated rings. The maximum absolute atomic E-state index is 12.7. The van der Waals surface area contributed by atoms with Crippen molar-refractivity contribution in [3.05, 3.63) is 83.7 Å². The van der Waals surface area contributed by atoms with E-state index in [2.05, 4.69) is 20.9 Å². The Bertz CT molecular complexity index is 1130. The standard InChI is InChI=1S/C24H24N4O5/c1-25-22(29)15-33-20-10-9-17(13-21(20)32-2)24(31)28-18-8-5-6-16(12-18)23(30)27-14-19-7-3-4-11-26-19/h3-13H,14-15H2,1-2H3,(H,25,29)(H,27,30)(H,28,31). The first kappa shape index (κ1) is 23.3. The zero-order chi connectivity index (χ0) is 23.6. The number of amides is 3. The van der Waals surface area contributed by atoms with Gasteiger partial charge >= 0.3 is 0 Å². The molecule has 3 N–H and O–H groups in total. The minimum absolute atomic E-state index is 0.173. The molecule has 0 saturated carbocycles. The van der Waals surface area contributed by atoms with Crippen molar-refractivity contribution in [2.24, 2.45) is 0 Å². The molecule has 0 aliphatic rings. The van der Waals surface area contributed by atoms with E-state index in [1.165, 1.54) is 20.2 Å². The highest BCUT2D eigenvalue weighted by molar-refractivity contribution is 6.05. The third-order valence-corrected chi connectivity index (χ3v) is 4.60. The van der Waals surface area contributed by atoms with Crippen LogP contribution in [0.2, 0.25) is 0 Å². The molecule has 9 heteroatoms. The average molecular weight is 448 g/mol. The third kappa shape index (κ3) is 6.54. The molecule has 1 heterocycles. The van der Waals surface area contributed by atoms with Gasteiger partial charge in [-0.05, 0) is 48.5 Å². The largest absolute Gasteiger partial charge is 0.493 e. The maximum atomic E-state index is 12.7. The van der Waals surface area contributed by atoms with Crippen LogP contribution in [0.1, 0.15) is 26.4 Å². The zero-order valence-corrected chi connectivity index (χ0v) is 18.3. The van der Waals surface area contributed by atoms with E-state index in [4.69, 9.17) is 9.47 Å². The second-order valence-electron chi connectivity index (χ2n) is 6.87. The number of hydrogen-bond donors (Lipinski definition) is 3. The normalized spacial score (nSPS) is 10.1. The Hall–Kier alpha value is -4.40. The highest BCUT2D eigenvalue weighted by Gasteiger charge is 2.14. The predicted molar refractivity (Wildman–Crippen MR) is 122 cm³/mol. The van der Waals surface area contributed by atoms with Gasteiger partial charge in [0.05, 0.1) is 19.3 Å². The first-order valence-electron chi connectivity index (χ1n) is 10.1. The fourth-order valence-electron chi connectivity index (χ4n) is 2.86. The first-order valence-corrected chi connectivity index (χ1v) is 10.1. The Labute approximate surface area is 191 Å². The van der Waals surface area contributed by atoms with E-state index in [0.717, 1.165) is 5.69 Å². The lowest BCUT2D eigenvalue weighted by Gasteiger charge is -2.12. The molecule has 170 valence electrons. The van der Waals surface area contributed by atoms with Crippen LogP contribution in [-0.4, -0.2) is 43.5 Å². The fourth-order valence-corrected chi connectivity index (χ4v) is 2.86. The van der Waals surface area contributed by atoms with Crippen molar-refractivity contribution in [1.29, 1.82) is 0 Å². The topological polar surface area (TPSA) is 119 Å². The third-order valence-electron chi connectivity index (χ3n) is 4.60. The molecule has 9 nitrogen and oxygen atoms in total. The van der Waals surface area contributed by atoms with Crippen LogP contribution in [0, 0.1) is 0 Å². The van der Waals surface area contributed by atoms with E-state index in [9.17, 15) is 14.4 Å². The van der Waals surface area contributed by atoms with Crippen molar-refractivity contribution in [3.8, 4) is 11.5 Å². The number of nitrogens with zero attached hydrogens (tertiary/aromatic N) is 1. The zero-order valence-electron chi connectivity index (χ0n) is 18.3. The molecule has 1 aromatic heterocycles. The lowest BCUT2D eigenvalue weighted by Crippen LogP contribution is -2.25. The van der Waals surface area contributed by atoms with E-state index >= 15 is 0 Å². The van der Waals surface area contributed by atoms with Gasteiger partial charge in [0.2, 0.25) is 0 Å². The Morgan fingerprint density at radius 2 is 1.73 bits per heavy atom. The number of ether oxygens (including phenoxy) is 2. The van der Waals surface area contributed by atoms with Gasteiger partial charge in [0, 0.05) is 30.1 Å². The Morgan fingerprint density at radius 3 is 2.45 bits per heavy atom. The van der Waals surface area contributed by atoms with Gasteiger partial charge in [-0.15, -0.1) is 0 Å². The molecule has 3 amide bonds. The van der Waals surface area contributed by atoms with E-state index in [-0.39, 0.29) is 18.4 Å². The van der Waals surface area contributed by atoms with Gasteiger partial charge in [0.25, 0.3) is 17.7 Å². The number of nitrogens with one attached hydrogen (secondary N) is 3. The fraction of sp³-hybridized carbons (Fsp3) is 0.167. The van der Waals surface area contributed by atoms with Crippen LogP contribution < -0.4 is 25.4 Å². The van der Waals surface area contributed by atoms with Crippen molar-refractivity contribution < 1.29 is 23.9 Å². The highest BCUT2D eigenvalue weighted by Crippen LogP contribution is 2.28. The number of rotatable bonds is 9. The lowest BCUT2D eigenvalue weighted by molar-refractivity contribution is -0.122. The summed E-state index contributed by atoms with van der Waals surface area (Å²) in [4.78, 5) is 40.7. The number of methoxy groups -OCH3 is 1. The summed E-state index contributed by atoms with van der Waals surface area (Å²) in [5.74, 6) is -0.311. The smallest absolute Gasteiger partial charge is 0.257 e. The molecule has 0 atom stereocenters. The van der Waals surface area contributed by atoms with E-state index < -0.39 is 5.91 Å². The Kier molecular flexibility index (Phi) is 7.96. The van der Waals surface area contributed by atoms with Crippen LogP contribution in [0.15, 0.2) is 66.9 Å². The number of hydrogen-bond acceptors (Lipinski definition) is 6. The van der Waals surface area contributed by atoms with Crippen molar-refractivity contribution in [1.82, 2.24) is 15.6 Å². The number of likely N-dealkylation sites (N-methyl/N-ethyl adjacent to an activating group) is 1. The highest BCUT2D eigenvalue weighted by atomic mass is 16.5. The van der Waals surface area contributed by atoms with Gasteiger partial charge in [-0.25, -0.2) is 0 Å². The van der Waals surface area contributed by atoms with Gasteiger partial charge in [0.1, 0.15) is 0 Å². The van der Waals surface area contributed by atoms with Gasteiger partial charge in [-0.1, -0.05) is 12.1 Å². The number of aromatic nitrogens is 1. The summed E-state index contributed by atoms with van der Waals surface area (Å²) in [6.45, 7) is 0.123. The van der Waals surface area contributed by atoms with Gasteiger partial charge in [0.15, 0.2) is 18.1 Å². The summed E-state index contributed by atoms with van der Waals surface area (Å²) >= 11 is 0. The average Bonchev–Trinajstić information content (AvgIpc) is 2.86.